The van der Waals surface area contributed by atoms with Gasteiger partial charge in [0.15, 0.2) is 5.69 Å². The number of primary amides is 1. The van der Waals surface area contributed by atoms with E-state index in [1.165, 1.54) is 4.68 Å². The molecule has 0 fully saturated rings. The molecule has 7 nitrogen and oxygen atoms in total. The van der Waals surface area contributed by atoms with Gasteiger partial charge in [0.25, 0.3) is 5.91 Å². The van der Waals surface area contributed by atoms with Gasteiger partial charge in [-0.1, -0.05) is 5.21 Å². The number of nitrogens with zero attached hydrogens (tertiary/aromatic N) is 3. The number of hydrogen-bond donors (Lipinski definition) is 2. The van der Waals surface area contributed by atoms with Crippen LogP contribution in [0.4, 0.5) is 0 Å². The second-order valence-electron chi connectivity index (χ2n) is 2.94. The average Bonchev–Trinajstić information content (AvgIpc) is 2.59. The topological polar surface area (TPSA) is 103 Å². The third kappa shape index (κ3) is 2.74. The Morgan fingerprint density at radius 1 is 1.67 bits per heavy atom. The van der Waals surface area contributed by atoms with Crippen LogP contribution < -0.4 is 5.73 Å². The number of aromatic nitrogens is 3. The van der Waals surface area contributed by atoms with Crippen molar-refractivity contribution in [3.63, 3.8) is 0 Å². The molecule has 1 aromatic heterocycles. The van der Waals surface area contributed by atoms with Gasteiger partial charge in [0, 0.05) is 13.5 Å². The minimum atomic E-state index is -0.620. The van der Waals surface area contributed by atoms with Gasteiger partial charge < -0.3 is 15.6 Å². The van der Waals surface area contributed by atoms with Crippen LogP contribution in [0, 0.1) is 0 Å². The maximum atomic E-state index is 11.0. The standard InChI is InChI=1S/C8H14N4O3/c1-15-5-2-6-7(8(9)14)10-11-12(6)3-4-13/h13H,2-5H2,1H3,(H2,9,14). The number of amides is 1. The van der Waals surface area contributed by atoms with E-state index in [1.807, 2.05) is 0 Å². The lowest BCUT2D eigenvalue weighted by Crippen LogP contribution is -2.17. The number of ether oxygens (including phenoxy) is 1. The van der Waals surface area contributed by atoms with Crippen molar-refractivity contribution in [3.8, 4) is 0 Å². The minimum Gasteiger partial charge on any atom is -0.394 e. The Balaban J connectivity index is 2.91. The molecule has 1 amide bonds. The fourth-order valence-corrected chi connectivity index (χ4v) is 1.24. The minimum absolute atomic E-state index is 0.0679. The number of methoxy groups -OCH3 is 1. The Morgan fingerprint density at radius 3 is 2.93 bits per heavy atom. The number of rotatable bonds is 6. The van der Waals surface area contributed by atoms with Gasteiger partial charge in [-0.3, -0.25) is 4.79 Å². The SMILES string of the molecule is COCCc1c(C(N)=O)nnn1CCO. The molecule has 84 valence electrons. The molecule has 15 heavy (non-hydrogen) atoms. The van der Waals surface area contributed by atoms with Crippen LogP contribution in [0.15, 0.2) is 0 Å². The molecule has 1 rings (SSSR count). The number of carbonyl (C=O) groups is 1. The molecule has 1 heterocycles. The lowest BCUT2D eigenvalue weighted by atomic mass is 10.2. The zero-order valence-electron chi connectivity index (χ0n) is 8.51. The Morgan fingerprint density at radius 2 is 2.40 bits per heavy atom. The lowest BCUT2D eigenvalue weighted by molar-refractivity contribution is 0.0994. The number of aliphatic hydroxyl groups excluding tert-OH is 1. The van der Waals surface area contributed by atoms with Crippen molar-refractivity contribution in [3.05, 3.63) is 11.4 Å². The van der Waals surface area contributed by atoms with E-state index in [0.29, 0.717) is 25.3 Å². The molecule has 0 aliphatic carbocycles. The summed E-state index contributed by atoms with van der Waals surface area (Å²) in [6.07, 6.45) is 0.488. The molecule has 0 unspecified atom stereocenters. The predicted molar refractivity (Wildman–Crippen MR) is 51.2 cm³/mol. The summed E-state index contributed by atoms with van der Waals surface area (Å²) in [5.41, 5.74) is 5.87. The summed E-state index contributed by atoms with van der Waals surface area (Å²) in [5, 5.41) is 16.2. The van der Waals surface area contributed by atoms with Gasteiger partial charge in [-0.15, -0.1) is 5.10 Å². The number of hydrogen-bond acceptors (Lipinski definition) is 5. The molecule has 0 bridgehead atoms. The van der Waals surface area contributed by atoms with Crippen molar-refractivity contribution in [2.75, 3.05) is 20.3 Å². The molecule has 0 aliphatic rings. The fourth-order valence-electron chi connectivity index (χ4n) is 1.24. The van der Waals surface area contributed by atoms with Crippen molar-refractivity contribution in [2.45, 2.75) is 13.0 Å². The van der Waals surface area contributed by atoms with Gasteiger partial charge in [0.05, 0.1) is 25.5 Å². The Hall–Kier alpha value is -1.47. The van der Waals surface area contributed by atoms with Crippen LogP contribution in [0.25, 0.3) is 0 Å². The van der Waals surface area contributed by atoms with Crippen LogP contribution in [-0.4, -0.2) is 46.3 Å². The lowest BCUT2D eigenvalue weighted by Gasteiger charge is -2.04. The van der Waals surface area contributed by atoms with Crippen molar-refractivity contribution in [1.29, 1.82) is 0 Å². The van der Waals surface area contributed by atoms with Gasteiger partial charge in [0.1, 0.15) is 0 Å². The van der Waals surface area contributed by atoms with Crippen LogP contribution in [0.5, 0.6) is 0 Å². The van der Waals surface area contributed by atoms with Crippen LogP contribution >= 0.6 is 0 Å². The molecule has 7 heteroatoms. The van der Waals surface area contributed by atoms with Crippen molar-refractivity contribution in [2.24, 2.45) is 5.73 Å². The number of carbonyl (C=O) groups excluding carboxylic acids is 1. The fraction of sp³-hybridized carbons (Fsp3) is 0.625. The zero-order chi connectivity index (χ0) is 11.3. The molecule has 0 radical (unpaired) electrons. The highest BCUT2D eigenvalue weighted by Gasteiger charge is 2.16. The van der Waals surface area contributed by atoms with E-state index in [2.05, 4.69) is 10.3 Å². The van der Waals surface area contributed by atoms with E-state index >= 15 is 0 Å². The molecule has 0 spiro atoms. The second kappa shape index (κ2) is 5.42. The summed E-state index contributed by atoms with van der Waals surface area (Å²) in [6, 6.07) is 0. The third-order valence-corrected chi connectivity index (χ3v) is 1.93. The molecule has 0 saturated heterocycles. The molecule has 0 saturated carbocycles. The van der Waals surface area contributed by atoms with Crippen molar-refractivity contribution < 1.29 is 14.6 Å². The molecule has 0 aromatic carbocycles. The van der Waals surface area contributed by atoms with E-state index in [0.717, 1.165) is 0 Å². The van der Waals surface area contributed by atoms with Crippen molar-refractivity contribution in [1.82, 2.24) is 15.0 Å². The highest BCUT2D eigenvalue weighted by atomic mass is 16.5. The van der Waals surface area contributed by atoms with Crippen molar-refractivity contribution >= 4 is 5.91 Å². The van der Waals surface area contributed by atoms with Crippen LogP contribution in [0.3, 0.4) is 0 Å². The number of nitrogens with two attached hydrogens (primary N) is 1. The van der Waals surface area contributed by atoms with E-state index < -0.39 is 5.91 Å². The first kappa shape index (κ1) is 11.6. The molecule has 1 aromatic rings. The molecule has 3 N–H and O–H groups in total. The normalized spacial score (nSPS) is 10.5. The maximum absolute atomic E-state index is 11.0. The largest absolute Gasteiger partial charge is 0.394 e. The third-order valence-electron chi connectivity index (χ3n) is 1.93. The van der Waals surface area contributed by atoms with Gasteiger partial charge in [-0.25, -0.2) is 4.68 Å². The van der Waals surface area contributed by atoms with Gasteiger partial charge >= 0.3 is 0 Å². The quantitative estimate of drug-likeness (QED) is 0.603. The van der Waals surface area contributed by atoms with Gasteiger partial charge in [-0.2, -0.15) is 0 Å². The molecule has 0 aliphatic heterocycles. The van der Waals surface area contributed by atoms with Crippen LogP contribution in [0.2, 0.25) is 0 Å². The highest BCUT2D eigenvalue weighted by molar-refractivity contribution is 5.91. The summed E-state index contributed by atoms with van der Waals surface area (Å²) in [4.78, 5) is 11.0. The van der Waals surface area contributed by atoms with Crippen LogP contribution in [-0.2, 0) is 17.7 Å². The van der Waals surface area contributed by atoms with E-state index in [4.69, 9.17) is 15.6 Å². The first-order valence-electron chi connectivity index (χ1n) is 4.52. The van der Waals surface area contributed by atoms with E-state index in [9.17, 15) is 4.79 Å². The Kier molecular flexibility index (Phi) is 4.19. The first-order valence-corrected chi connectivity index (χ1v) is 4.52. The highest BCUT2D eigenvalue weighted by Crippen LogP contribution is 2.05. The smallest absolute Gasteiger partial charge is 0.271 e. The maximum Gasteiger partial charge on any atom is 0.271 e. The zero-order valence-corrected chi connectivity index (χ0v) is 8.51. The molecular weight excluding hydrogens is 200 g/mol. The molecule has 0 atom stereocenters. The van der Waals surface area contributed by atoms with Gasteiger partial charge in [0.2, 0.25) is 0 Å². The molecular formula is C8H14N4O3. The van der Waals surface area contributed by atoms with Crippen LogP contribution in [0.1, 0.15) is 16.2 Å². The first-order chi connectivity index (χ1) is 7.20. The van der Waals surface area contributed by atoms with E-state index in [-0.39, 0.29) is 12.3 Å². The Bertz CT molecular complexity index is 337. The second-order valence-corrected chi connectivity index (χ2v) is 2.94. The average molecular weight is 214 g/mol. The summed E-state index contributed by atoms with van der Waals surface area (Å²) in [5.74, 6) is -0.620. The monoisotopic (exact) mass is 214 g/mol. The summed E-state index contributed by atoms with van der Waals surface area (Å²) >= 11 is 0. The summed E-state index contributed by atoms with van der Waals surface area (Å²) in [7, 11) is 1.56. The number of aliphatic hydroxyl groups is 1. The van der Waals surface area contributed by atoms with E-state index in [1.54, 1.807) is 7.11 Å². The van der Waals surface area contributed by atoms with Gasteiger partial charge in [-0.05, 0) is 0 Å². The summed E-state index contributed by atoms with van der Waals surface area (Å²) in [6.45, 7) is 0.667. The predicted octanol–water partition coefficient (Wildman–Crippen LogP) is -1.44. The Labute approximate surface area is 86.8 Å². The summed E-state index contributed by atoms with van der Waals surface area (Å²) < 4.78 is 6.36.